The Morgan fingerprint density at radius 1 is 0.562 bits per heavy atom. The number of unbranched alkanes of at least 4 members (excludes halogenated alkanes) is 3. The molecule has 94 valence electrons. The van der Waals surface area contributed by atoms with E-state index in [-0.39, 0.29) is 12.6 Å². The van der Waals surface area contributed by atoms with Gasteiger partial charge in [-0.3, -0.25) is 0 Å². The summed E-state index contributed by atoms with van der Waals surface area (Å²) in [5, 5.41) is 0. The molecule has 2 rings (SSSR count). The Morgan fingerprint density at radius 2 is 0.938 bits per heavy atom. The Balaban J connectivity index is 1.37. The van der Waals surface area contributed by atoms with Gasteiger partial charge in [0.25, 0.3) is 0 Å². The van der Waals surface area contributed by atoms with Crippen LogP contribution in [0.3, 0.4) is 0 Å². The van der Waals surface area contributed by atoms with Crippen LogP contribution in [0.5, 0.6) is 0 Å². The third-order valence-electron chi connectivity index (χ3n) is 3.01. The van der Waals surface area contributed by atoms with Crippen LogP contribution in [0.1, 0.15) is 38.5 Å². The van der Waals surface area contributed by atoms with Crippen molar-refractivity contribution < 1.29 is 18.9 Å². The van der Waals surface area contributed by atoms with Gasteiger partial charge in [0.05, 0.1) is 26.4 Å². The molecule has 0 amide bonds. The van der Waals surface area contributed by atoms with Crippen LogP contribution < -0.4 is 0 Å². The van der Waals surface area contributed by atoms with Crippen molar-refractivity contribution in [3.05, 3.63) is 0 Å². The fourth-order valence-corrected chi connectivity index (χ4v) is 2.12. The zero-order valence-corrected chi connectivity index (χ0v) is 9.86. The van der Waals surface area contributed by atoms with Crippen molar-refractivity contribution in [1.29, 1.82) is 0 Å². The fraction of sp³-hybridized carbons (Fsp3) is 1.00. The lowest BCUT2D eigenvalue weighted by molar-refractivity contribution is -0.0505. The summed E-state index contributed by atoms with van der Waals surface area (Å²) >= 11 is 0. The number of hydrogen-bond donors (Lipinski definition) is 0. The second-order valence-corrected chi connectivity index (χ2v) is 4.33. The molecule has 16 heavy (non-hydrogen) atoms. The molecule has 0 radical (unpaired) electrons. The first-order valence-corrected chi connectivity index (χ1v) is 6.41. The van der Waals surface area contributed by atoms with Crippen molar-refractivity contribution in [3.63, 3.8) is 0 Å². The first kappa shape index (κ1) is 12.3. The average molecular weight is 230 g/mol. The molecule has 0 aromatic carbocycles. The summed E-state index contributed by atoms with van der Waals surface area (Å²) in [6.45, 7) is 3.06. The third-order valence-corrected chi connectivity index (χ3v) is 3.01. The van der Waals surface area contributed by atoms with E-state index in [0.29, 0.717) is 0 Å². The van der Waals surface area contributed by atoms with Crippen molar-refractivity contribution in [3.8, 4) is 0 Å². The van der Waals surface area contributed by atoms with Crippen LogP contribution in [0.4, 0.5) is 0 Å². The topological polar surface area (TPSA) is 36.9 Å². The Labute approximate surface area is 97.2 Å². The highest BCUT2D eigenvalue weighted by Gasteiger charge is 2.16. The van der Waals surface area contributed by atoms with Crippen LogP contribution >= 0.6 is 0 Å². The van der Waals surface area contributed by atoms with E-state index in [1.165, 1.54) is 25.7 Å². The van der Waals surface area contributed by atoms with Crippen LogP contribution in [0.15, 0.2) is 0 Å². The molecule has 0 aliphatic carbocycles. The fourth-order valence-electron chi connectivity index (χ4n) is 2.12. The molecule has 0 saturated carbocycles. The predicted octanol–water partition coefficient (Wildman–Crippen LogP) is 2.07. The van der Waals surface area contributed by atoms with E-state index in [1.807, 2.05) is 0 Å². The lowest BCUT2D eigenvalue weighted by atomic mass is 10.1. The Morgan fingerprint density at radius 3 is 1.31 bits per heavy atom. The molecule has 2 aliphatic heterocycles. The summed E-state index contributed by atoms with van der Waals surface area (Å²) in [5.41, 5.74) is 0. The lowest BCUT2D eigenvalue weighted by Gasteiger charge is -2.09. The summed E-state index contributed by atoms with van der Waals surface area (Å²) in [5.74, 6) is 0. The molecule has 4 nitrogen and oxygen atoms in total. The molecule has 0 bridgehead atoms. The highest BCUT2D eigenvalue weighted by molar-refractivity contribution is 4.55. The van der Waals surface area contributed by atoms with Gasteiger partial charge >= 0.3 is 0 Å². The maximum absolute atomic E-state index is 5.38. The molecule has 0 unspecified atom stereocenters. The summed E-state index contributed by atoms with van der Waals surface area (Å²) in [6, 6.07) is 0. The molecule has 0 aromatic rings. The molecule has 0 aromatic heterocycles. The Kier molecular flexibility index (Phi) is 5.55. The summed E-state index contributed by atoms with van der Waals surface area (Å²) in [4.78, 5) is 0. The summed E-state index contributed by atoms with van der Waals surface area (Å²) < 4.78 is 21.5. The molecule has 2 aliphatic rings. The smallest absolute Gasteiger partial charge is 0.157 e. The third kappa shape index (κ3) is 4.37. The minimum absolute atomic E-state index is 0.0708. The molecular formula is C12H22O4. The zero-order chi connectivity index (χ0) is 11.1. The van der Waals surface area contributed by atoms with Gasteiger partial charge in [0, 0.05) is 0 Å². The first-order chi connectivity index (χ1) is 7.95. The maximum Gasteiger partial charge on any atom is 0.157 e. The van der Waals surface area contributed by atoms with E-state index in [9.17, 15) is 0 Å². The van der Waals surface area contributed by atoms with Gasteiger partial charge in [-0.15, -0.1) is 0 Å². The number of ether oxygens (including phenoxy) is 4. The normalized spacial score (nSPS) is 23.2. The van der Waals surface area contributed by atoms with E-state index in [1.54, 1.807) is 0 Å². The van der Waals surface area contributed by atoms with Crippen molar-refractivity contribution >= 4 is 0 Å². The van der Waals surface area contributed by atoms with Gasteiger partial charge in [0.2, 0.25) is 0 Å². The quantitative estimate of drug-likeness (QED) is 0.627. The average Bonchev–Trinajstić information content (AvgIpc) is 2.96. The van der Waals surface area contributed by atoms with Gasteiger partial charge < -0.3 is 18.9 Å². The second-order valence-electron chi connectivity index (χ2n) is 4.33. The van der Waals surface area contributed by atoms with Crippen LogP contribution in [-0.2, 0) is 18.9 Å². The van der Waals surface area contributed by atoms with Crippen LogP contribution in [-0.4, -0.2) is 39.0 Å². The van der Waals surface area contributed by atoms with Gasteiger partial charge in [-0.25, -0.2) is 0 Å². The number of hydrogen-bond acceptors (Lipinski definition) is 4. The molecule has 2 heterocycles. The van der Waals surface area contributed by atoms with Crippen molar-refractivity contribution in [2.45, 2.75) is 51.1 Å². The highest BCUT2D eigenvalue weighted by Crippen LogP contribution is 2.16. The zero-order valence-electron chi connectivity index (χ0n) is 9.86. The predicted molar refractivity (Wildman–Crippen MR) is 59.1 cm³/mol. The van der Waals surface area contributed by atoms with Gasteiger partial charge in [-0.2, -0.15) is 0 Å². The van der Waals surface area contributed by atoms with E-state index in [4.69, 9.17) is 18.9 Å². The molecule has 0 spiro atoms. The van der Waals surface area contributed by atoms with Gasteiger partial charge in [0.15, 0.2) is 12.6 Å². The minimum Gasteiger partial charge on any atom is -0.350 e. The molecule has 0 atom stereocenters. The SMILES string of the molecule is C(CCCC1OCCO1)CCC1OCCO1. The largest absolute Gasteiger partial charge is 0.350 e. The monoisotopic (exact) mass is 230 g/mol. The minimum atomic E-state index is 0.0708. The molecular weight excluding hydrogens is 208 g/mol. The van der Waals surface area contributed by atoms with Crippen LogP contribution in [0.25, 0.3) is 0 Å². The van der Waals surface area contributed by atoms with E-state index < -0.39 is 0 Å². The Bertz CT molecular complexity index is 154. The summed E-state index contributed by atoms with van der Waals surface area (Å²) in [7, 11) is 0. The van der Waals surface area contributed by atoms with E-state index >= 15 is 0 Å². The lowest BCUT2D eigenvalue weighted by Crippen LogP contribution is -2.07. The van der Waals surface area contributed by atoms with E-state index in [2.05, 4.69) is 0 Å². The molecule has 4 heteroatoms. The first-order valence-electron chi connectivity index (χ1n) is 6.41. The van der Waals surface area contributed by atoms with Gasteiger partial charge in [-0.1, -0.05) is 12.8 Å². The van der Waals surface area contributed by atoms with Crippen LogP contribution in [0, 0.1) is 0 Å². The maximum atomic E-state index is 5.38. The highest BCUT2D eigenvalue weighted by atomic mass is 16.7. The molecule has 2 fully saturated rings. The van der Waals surface area contributed by atoms with Crippen molar-refractivity contribution in [2.75, 3.05) is 26.4 Å². The Hall–Kier alpha value is -0.160. The van der Waals surface area contributed by atoms with Crippen molar-refractivity contribution in [2.24, 2.45) is 0 Å². The number of rotatable bonds is 7. The second kappa shape index (κ2) is 7.22. The van der Waals surface area contributed by atoms with Gasteiger partial charge in [0.1, 0.15) is 0 Å². The van der Waals surface area contributed by atoms with Crippen molar-refractivity contribution in [1.82, 2.24) is 0 Å². The van der Waals surface area contributed by atoms with Gasteiger partial charge in [-0.05, 0) is 25.7 Å². The van der Waals surface area contributed by atoms with E-state index in [0.717, 1.165) is 39.3 Å². The van der Waals surface area contributed by atoms with Crippen LogP contribution in [0.2, 0.25) is 0 Å². The standard InChI is InChI=1S/C12H22O4/c1(3-5-11-13-7-8-14-11)2-4-6-12-15-9-10-16-12/h11-12H,1-10H2. The molecule has 2 saturated heterocycles. The molecule has 0 N–H and O–H groups in total. The summed E-state index contributed by atoms with van der Waals surface area (Å²) in [6.07, 6.45) is 7.09.